The summed E-state index contributed by atoms with van der Waals surface area (Å²) in [4.78, 5) is 27.2. The Bertz CT molecular complexity index is 773. The average molecular weight is 300 g/mol. The van der Waals surface area contributed by atoms with Gasteiger partial charge in [-0.05, 0) is 31.9 Å². The Labute approximate surface area is 128 Å². The Morgan fingerprint density at radius 3 is 2.73 bits per heavy atom. The van der Waals surface area contributed by atoms with Crippen molar-refractivity contribution in [1.82, 2.24) is 10.3 Å². The number of hydrogen-bond acceptors (Lipinski definition) is 3. The third kappa shape index (κ3) is 2.71. The zero-order valence-electron chi connectivity index (χ0n) is 12.6. The number of rotatable bonds is 2. The van der Waals surface area contributed by atoms with Gasteiger partial charge in [0.15, 0.2) is 0 Å². The summed E-state index contributed by atoms with van der Waals surface area (Å²) in [5, 5.41) is 13.7. The minimum absolute atomic E-state index is 0.0910. The molecule has 22 heavy (non-hydrogen) atoms. The smallest absolute Gasteiger partial charge is 0.265 e. The maximum atomic E-state index is 12.4. The Morgan fingerprint density at radius 1 is 1.27 bits per heavy atom. The van der Waals surface area contributed by atoms with Crippen LogP contribution in [0, 0.1) is 6.92 Å². The molecule has 0 atom stereocenters. The van der Waals surface area contributed by atoms with E-state index in [0.717, 1.165) is 31.2 Å². The van der Waals surface area contributed by atoms with Crippen LogP contribution in [0.3, 0.4) is 0 Å². The van der Waals surface area contributed by atoms with E-state index in [1.165, 1.54) is 6.42 Å². The van der Waals surface area contributed by atoms with Crippen LogP contribution in [0.1, 0.15) is 48.0 Å². The number of nitrogens with one attached hydrogen (secondary N) is 2. The minimum atomic E-state index is -0.554. The van der Waals surface area contributed by atoms with Crippen LogP contribution < -0.4 is 10.9 Å². The number of pyridine rings is 1. The van der Waals surface area contributed by atoms with E-state index in [4.69, 9.17) is 0 Å². The number of H-pyrrole nitrogens is 1. The van der Waals surface area contributed by atoms with E-state index in [1.807, 2.05) is 13.0 Å². The standard InChI is InChI=1S/C17H20N2O3/c1-10-7-8-13-12(9-10)15(20)14(17(22)19-13)16(21)18-11-5-3-2-4-6-11/h7-9,11H,2-6H2,1H3,(H,18,21)(H2,19,20,22). The third-order valence-electron chi connectivity index (χ3n) is 4.31. The number of hydrogen-bond donors (Lipinski definition) is 3. The number of aromatic nitrogens is 1. The fraction of sp³-hybridized carbons (Fsp3) is 0.412. The number of fused-ring (bicyclic) bond motifs is 1. The van der Waals surface area contributed by atoms with Gasteiger partial charge in [-0.15, -0.1) is 0 Å². The first-order valence-electron chi connectivity index (χ1n) is 7.73. The summed E-state index contributed by atoms with van der Waals surface area (Å²) in [7, 11) is 0. The van der Waals surface area contributed by atoms with Crippen molar-refractivity contribution in [2.75, 3.05) is 0 Å². The van der Waals surface area contributed by atoms with Gasteiger partial charge in [0.1, 0.15) is 11.3 Å². The summed E-state index contributed by atoms with van der Waals surface area (Å²) in [6, 6.07) is 5.43. The maximum Gasteiger partial charge on any atom is 0.265 e. The lowest BCUT2D eigenvalue weighted by Crippen LogP contribution is -2.38. The molecule has 1 saturated carbocycles. The average Bonchev–Trinajstić information content (AvgIpc) is 2.49. The molecule has 3 N–H and O–H groups in total. The highest BCUT2D eigenvalue weighted by molar-refractivity contribution is 6.02. The summed E-state index contributed by atoms with van der Waals surface area (Å²) in [5.41, 5.74) is 0.738. The van der Waals surface area contributed by atoms with Crippen molar-refractivity contribution >= 4 is 16.8 Å². The number of aryl methyl sites for hydroxylation is 1. The molecule has 1 aromatic carbocycles. The molecule has 0 spiro atoms. The molecule has 1 fully saturated rings. The molecule has 0 bridgehead atoms. The number of benzene rings is 1. The summed E-state index contributed by atoms with van der Waals surface area (Å²) in [5.74, 6) is -0.732. The van der Waals surface area contributed by atoms with Crippen molar-refractivity contribution in [1.29, 1.82) is 0 Å². The van der Waals surface area contributed by atoms with Gasteiger partial charge >= 0.3 is 0 Å². The van der Waals surface area contributed by atoms with Crippen molar-refractivity contribution in [2.24, 2.45) is 0 Å². The van der Waals surface area contributed by atoms with Gasteiger partial charge in [-0.25, -0.2) is 0 Å². The van der Waals surface area contributed by atoms with E-state index in [9.17, 15) is 14.7 Å². The van der Waals surface area contributed by atoms with Gasteiger partial charge in [0, 0.05) is 11.4 Å². The first kappa shape index (κ1) is 14.6. The highest BCUT2D eigenvalue weighted by Gasteiger charge is 2.22. The molecule has 1 amide bonds. The molecule has 0 radical (unpaired) electrons. The zero-order valence-corrected chi connectivity index (χ0v) is 12.6. The Hall–Kier alpha value is -2.30. The first-order valence-corrected chi connectivity index (χ1v) is 7.73. The van der Waals surface area contributed by atoms with Crippen molar-refractivity contribution in [3.63, 3.8) is 0 Å². The molecular formula is C17H20N2O3. The van der Waals surface area contributed by atoms with Gasteiger partial charge in [-0.2, -0.15) is 0 Å². The van der Waals surface area contributed by atoms with Crippen LogP contribution in [0.4, 0.5) is 0 Å². The molecule has 1 aliphatic rings. The fourth-order valence-electron chi connectivity index (χ4n) is 3.11. The van der Waals surface area contributed by atoms with Crippen LogP contribution in [-0.4, -0.2) is 22.0 Å². The van der Waals surface area contributed by atoms with Gasteiger partial charge in [0.25, 0.3) is 11.5 Å². The normalized spacial score (nSPS) is 15.9. The molecule has 3 rings (SSSR count). The predicted octanol–water partition coefficient (Wildman–Crippen LogP) is 2.60. The molecule has 5 heteroatoms. The van der Waals surface area contributed by atoms with E-state index >= 15 is 0 Å². The topological polar surface area (TPSA) is 82.2 Å². The molecule has 0 unspecified atom stereocenters. The van der Waals surface area contributed by atoms with Crippen LogP contribution in [0.5, 0.6) is 5.75 Å². The highest BCUT2D eigenvalue weighted by Crippen LogP contribution is 2.26. The van der Waals surface area contributed by atoms with Gasteiger partial charge < -0.3 is 15.4 Å². The lowest BCUT2D eigenvalue weighted by Gasteiger charge is -2.22. The molecule has 116 valence electrons. The van der Waals surface area contributed by atoms with E-state index < -0.39 is 11.5 Å². The summed E-state index contributed by atoms with van der Waals surface area (Å²) >= 11 is 0. The third-order valence-corrected chi connectivity index (χ3v) is 4.31. The Kier molecular flexibility index (Phi) is 3.88. The molecule has 2 aromatic rings. The van der Waals surface area contributed by atoms with Gasteiger partial charge in [0.05, 0.1) is 5.52 Å². The van der Waals surface area contributed by atoms with Crippen molar-refractivity contribution < 1.29 is 9.90 Å². The number of carbonyl (C=O) groups excluding carboxylic acids is 1. The van der Waals surface area contributed by atoms with E-state index in [2.05, 4.69) is 10.3 Å². The van der Waals surface area contributed by atoms with E-state index in [0.29, 0.717) is 10.9 Å². The monoisotopic (exact) mass is 300 g/mol. The van der Waals surface area contributed by atoms with E-state index in [1.54, 1.807) is 12.1 Å². The van der Waals surface area contributed by atoms with Gasteiger partial charge in [0.2, 0.25) is 0 Å². The summed E-state index contributed by atoms with van der Waals surface area (Å²) in [6.07, 6.45) is 5.22. The number of aromatic hydroxyl groups is 1. The molecule has 5 nitrogen and oxygen atoms in total. The second kappa shape index (κ2) is 5.83. The Balaban J connectivity index is 1.98. The lowest BCUT2D eigenvalue weighted by molar-refractivity contribution is 0.0923. The number of aromatic amines is 1. The summed E-state index contributed by atoms with van der Waals surface area (Å²) < 4.78 is 0. The second-order valence-electron chi connectivity index (χ2n) is 6.04. The first-order chi connectivity index (χ1) is 10.6. The van der Waals surface area contributed by atoms with Crippen LogP contribution in [-0.2, 0) is 0 Å². The van der Waals surface area contributed by atoms with E-state index in [-0.39, 0.29) is 17.4 Å². The molecule has 1 aliphatic carbocycles. The molecule has 0 aliphatic heterocycles. The van der Waals surface area contributed by atoms with Crippen LogP contribution in [0.2, 0.25) is 0 Å². The summed E-state index contributed by atoms with van der Waals surface area (Å²) in [6.45, 7) is 1.89. The highest BCUT2D eigenvalue weighted by atomic mass is 16.3. The van der Waals surface area contributed by atoms with Crippen molar-refractivity contribution in [3.05, 3.63) is 39.7 Å². The predicted molar refractivity (Wildman–Crippen MR) is 85.3 cm³/mol. The number of carbonyl (C=O) groups is 1. The van der Waals surface area contributed by atoms with Crippen LogP contribution in [0.25, 0.3) is 10.9 Å². The largest absolute Gasteiger partial charge is 0.506 e. The lowest BCUT2D eigenvalue weighted by atomic mass is 9.95. The molecule has 1 heterocycles. The Morgan fingerprint density at radius 2 is 2.00 bits per heavy atom. The maximum absolute atomic E-state index is 12.4. The van der Waals surface area contributed by atoms with Crippen LogP contribution >= 0.6 is 0 Å². The zero-order chi connectivity index (χ0) is 15.7. The molecule has 1 aromatic heterocycles. The van der Waals surface area contributed by atoms with Crippen LogP contribution in [0.15, 0.2) is 23.0 Å². The second-order valence-corrected chi connectivity index (χ2v) is 6.04. The molecule has 0 saturated heterocycles. The van der Waals surface area contributed by atoms with Crippen molar-refractivity contribution in [2.45, 2.75) is 45.1 Å². The quantitative estimate of drug-likeness (QED) is 0.797. The number of amides is 1. The minimum Gasteiger partial charge on any atom is -0.506 e. The molecular weight excluding hydrogens is 280 g/mol. The van der Waals surface area contributed by atoms with Crippen molar-refractivity contribution in [3.8, 4) is 5.75 Å². The van der Waals surface area contributed by atoms with Gasteiger partial charge in [-0.1, -0.05) is 30.9 Å². The van der Waals surface area contributed by atoms with Gasteiger partial charge in [-0.3, -0.25) is 9.59 Å². The SMILES string of the molecule is Cc1ccc2[nH]c(=O)c(C(=O)NC3CCCCC3)c(O)c2c1. The fourth-order valence-corrected chi connectivity index (χ4v) is 3.11.